The summed E-state index contributed by atoms with van der Waals surface area (Å²) in [6.07, 6.45) is 0. The predicted octanol–water partition coefficient (Wildman–Crippen LogP) is 3.88. The number of aromatic carboxylic acids is 2. The molecule has 19 heavy (non-hydrogen) atoms. The quantitative estimate of drug-likeness (QED) is 0.888. The summed E-state index contributed by atoms with van der Waals surface area (Å²) in [7, 11) is 0. The van der Waals surface area contributed by atoms with Crippen LogP contribution in [0.4, 0.5) is 0 Å². The second-order valence-corrected chi connectivity index (χ2v) is 6.41. The fourth-order valence-corrected chi connectivity index (χ4v) is 3.30. The van der Waals surface area contributed by atoms with Gasteiger partial charge in [0.2, 0.25) is 0 Å². The number of carboxylic acid groups (broad SMARTS) is 2. The summed E-state index contributed by atoms with van der Waals surface area (Å²) >= 11 is 4.59. The van der Waals surface area contributed by atoms with Crippen LogP contribution in [0.5, 0.6) is 0 Å². The molecule has 0 saturated carbocycles. The van der Waals surface area contributed by atoms with Crippen LogP contribution in [0.3, 0.4) is 0 Å². The smallest absolute Gasteiger partial charge is 0.336 e. The summed E-state index contributed by atoms with van der Waals surface area (Å²) in [5, 5.41) is 18.5. The molecule has 0 unspecified atom stereocenters. The van der Waals surface area contributed by atoms with Gasteiger partial charge < -0.3 is 10.2 Å². The van der Waals surface area contributed by atoms with Crippen LogP contribution < -0.4 is 0 Å². The fourth-order valence-electron chi connectivity index (χ4n) is 1.84. The lowest BCUT2D eigenvalue weighted by Crippen LogP contribution is -2.07. The third-order valence-corrected chi connectivity index (χ3v) is 4.20. The van der Waals surface area contributed by atoms with E-state index in [1.165, 1.54) is 23.5 Å². The number of thiophene rings is 1. The molecule has 2 N–H and O–H groups in total. The fraction of sp³-hybridized carbons (Fsp3) is 0.0769. The Hall–Kier alpha value is -1.66. The monoisotopic (exact) mass is 340 g/mol. The van der Waals surface area contributed by atoms with Crippen molar-refractivity contribution in [3.05, 3.63) is 44.7 Å². The van der Waals surface area contributed by atoms with Crippen LogP contribution in [0.15, 0.2) is 28.1 Å². The summed E-state index contributed by atoms with van der Waals surface area (Å²) in [6.45, 7) is 1.67. The molecular formula is C13H9BrO4S. The van der Waals surface area contributed by atoms with Gasteiger partial charge in [0, 0.05) is 10.4 Å². The van der Waals surface area contributed by atoms with Gasteiger partial charge in [-0.2, -0.15) is 0 Å². The lowest BCUT2D eigenvalue weighted by atomic mass is 9.97. The van der Waals surface area contributed by atoms with Crippen molar-refractivity contribution in [3.8, 4) is 10.4 Å². The molecule has 4 nitrogen and oxygen atoms in total. The molecule has 0 aliphatic heterocycles. The molecule has 98 valence electrons. The first-order valence-corrected chi connectivity index (χ1v) is 6.88. The van der Waals surface area contributed by atoms with Crippen LogP contribution >= 0.6 is 27.3 Å². The molecule has 0 fully saturated rings. The van der Waals surface area contributed by atoms with Gasteiger partial charge in [-0.1, -0.05) is 0 Å². The molecule has 0 radical (unpaired) electrons. The molecule has 1 aromatic heterocycles. The molecule has 0 bridgehead atoms. The van der Waals surface area contributed by atoms with Gasteiger partial charge in [-0.3, -0.25) is 0 Å². The normalized spacial score (nSPS) is 10.4. The summed E-state index contributed by atoms with van der Waals surface area (Å²) in [5.41, 5.74) is 0.869. The molecule has 0 amide bonds. The molecule has 0 saturated heterocycles. The zero-order chi connectivity index (χ0) is 14.2. The SMILES string of the molecule is Cc1cc(C(=O)O)c(-c2ccc(Br)s2)c(C(=O)O)c1. The van der Waals surface area contributed by atoms with Crippen LogP contribution in [0.1, 0.15) is 26.3 Å². The van der Waals surface area contributed by atoms with Crippen molar-refractivity contribution in [3.63, 3.8) is 0 Å². The summed E-state index contributed by atoms with van der Waals surface area (Å²) < 4.78 is 0.816. The summed E-state index contributed by atoms with van der Waals surface area (Å²) in [4.78, 5) is 23.3. The molecule has 0 aliphatic carbocycles. The number of hydrogen-bond donors (Lipinski definition) is 2. The van der Waals surface area contributed by atoms with E-state index in [9.17, 15) is 19.8 Å². The highest BCUT2D eigenvalue weighted by Crippen LogP contribution is 2.36. The van der Waals surface area contributed by atoms with E-state index in [1.54, 1.807) is 19.1 Å². The first-order chi connectivity index (χ1) is 8.90. The van der Waals surface area contributed by atoms with Gasteiger partial charge in [-0.05, 0) is 52.7 Å². The van der Waals surface area contributed by atoms with Crippen molar-refractivity contribution in [2.45, 2.75) is 6.92 Å². The van der Waals surface area contributed by atoms with Gasteiger partial charge in [-0.25, -0.2) is 9.59 Å². The van der Waals surface area contributed by atoms with Crippen LogP contribution in [0.2, 0.25) is 0 Å². The van der Waals surface area contributed by atoms with Gasteiger partial charge in [0.05, 0.1) is 14.9 Å². The van der Waals surface area contributed by atoms with Crippen molar-refractivity contribution in [2.24, 2.45) is 0 Å². The minimum Gasteiger partial charge on any atom is -0.478 e. The van der Waals surface area contributed by atoms with Gasteiger partial charge >= 0.3 is 11.9 Å². The maximum atomic E-state index is 11.3. The van der Waals surface area contributed by atoms with E-state index in [0.717, 1.165) is 3.79 Å². The Balaban J connectivity index is 2.81. The molecule has 1 aromatic carbocycles. The first-order valence-electron chi connectivity index (χ1n) is 5.27. The number of carbonyl (C=O) groups is 2. The Kier molecular flexibility index (Phi) is 3.73. The highest BCUT2D eigenvalue weighted by molar-refractivity contribution is 9.11. The summed E-state index contributed by atoms with van der Waals surface area (Å²) in [6, 6.07) is 6.44. The molecule has 0 spiro atoms. The van der Waals surface area contributed by atoms with Gasteiger partial charge in [0.15, 0.2) is 0 Å². The van der Waals surface area contributed by atoms with E-state index < -0.39 is 11.9 Å². The standard InChI is InChI=1S/C13H9BrO4S/c1-6-4-7(12(15)16)11(8(5-6)13(17)18)9-2-3-10(14)19-9/h2-5H,1H3,(H,15,16)(H,17,18). The maximum Gasteiger partial charge on any atom is 0.336 e. The maximum absolute atomic E-state index is 11.3. The molecule has 0 aliphatic rings. The zero-order valence-corrected chi connectivity index (χ0v) is 12.2. The Labute approximate surface area is 121 Å². The third-order valence-electron chi connectivity index (χ3n) is 2.56. The lowest BCUT2D eigenvalue weighted by molar-refractivity contribution is 0.0696. The second kappa shape index (κ2) is 5.14. The van der Waals surface area contributed by atoms with E-state index >= 15 is 0 Å². The highest BCUT2D eigenvalue weighted by atomic mass is 79.9. The minimum atomic E-state index is -1.13. The van der Waals surface area contributed by atoms with E-state index in [1.807, 2.05) is 0 Å². The lowest BCUT2D eigenvalue weighted by Gasteiger charge is -2.09. The van der Waals surface area contributed by atoms with Crippen LogP contribution in [-0.2, 0) is 0 Å². The van der Waals surface area contributed by atoms with Crippen LogP contribution in [0, 0.1) is 6.92 Å². The Morgan fingerprint density at radius 1 is 1.11 bits per heavy atom. The number of rotatable bonds is 3. The third kappa shape index (κ3) is 2.69. The van der Waals surface area contributed by atoms with Gasteiger partial charge in [0.1, 0.15) is 0 Å². The largest absolute Gasteiger partial charge is 0.478 e. The molecule has 2 rings (SSSR count). The minimum absolute atomic E-state index is 0.00625. The topological polar surface area (TPSA) is 74.6 Å². The van der Waals surface area contributed by atoms with Crippen molar-refractivity contribution in [2.75, 3.05) is 0 Å². The van der Waals surface area contributed by atoms with E-state index in [4.69, 9.17) is 0 Å². The first kappa shape index (κ1) is 13.8. The number of aryl methyl sites for hydroxylation is 1. The Morgan fingerprint density at radius 3 is 2.00 bits per heavy atom. The Bertz CT molecular complexity index is 640. The average molecular weight is 341 g/mol. The number of halogens is 1. The van der Waals surface area contributed by atoms with Crippen LogP contribution in [0.25, 0.3) is 10.4 Å². The highest BCUT2D eigenvalue weighted by Gasteiger charge is 2.21. The molecule has 1 heterocycles. The van der Waals surface area contributed by atoms with E-state index in [-0.39, 0.29) is 16.7 Å². The predicted molar refractivity (Wildman–Crippen MR) is 76.1 cm³/mol. The summed E-state index contributed by atoms with van der Waals surface area (Å²) in [5.74, 6) is -2.27. The number of carboxylic acids is 2. The van der Waals surface area contributed by atoms with Crippen molar-refractivity contribution < 1.29 is 19.8 Å². The number of benzene rings is 1. The van der Waals surface area contributed by atoms with Crippen molar-refractivity contribution >= 4 is 39.2 Å². The molecule has 6 heteroatoms. The van der Waals surface area contributed by atoms with Gasteiger partial charge in [-0.15, -0.1) is 11.3 Å². The second-order valence-electron chi connectivity index (χ2n) is 3.95. The van der Waals surface area contributed by atoms with Crippen molar-refractivity contribution in [1.29, 1.82) is 0 Å². The number of hydrogen-bond acceptors (Lipinski definition) is 3. The average Bonchev–Trinajstić information content (AvgIpc) is 2.74. The van der Waals surface area contributed by atoms with E-state index in [0.29, 0.717) is 10.4 Å². The van der Waals surface area contributed by atoms with E-state index in [2.05, 4.69) is 15.9 Å². The zero-order valence-electron chi connectivity index (χ0n) is 9.81. The van der Waals surface area contributed by atoms with Crippen molar-refractivity contribution in [1.82, 2.24) is 0 Å². The molecule has 2 aromatic rings. The van der Waals surface area contributed by atoms with Crippen LogP contribution in [-0.4, -0.2) is 22.2 Å². The molecule has 0 atom stereocenters. The molecular weight excluding hydrogens is 332 g/mol. The van der Waals surface area contributed by atoms with Gasteiger partial charge in [0.25, 0.3) is 0 Å². The Morgan fingerprint density at radius 2 is 1.63 bits per heavy atom.